The fourth-order valence-electron chi connectivity index (χ4n) is 1.91. The number of ether oxygens (including phenoxy) is 1. The topological polar surface area (TPSA) is 35.2 Å². The maximum Gasteiger partial charge on any atom is 0.416 e. The molecule has 0 aliphatic heterocycles. The van der Waals surface area contributed by atoms with Crippen LogP contribution in [0.5, 0.6) is 5.75 Å². The van der Waals surface area contributed by atoms with Gasteiger partial charge >= 0.3 is 6.18 Å². The molecule has 1 fully saturated rings. The van der Waals surface area contributed by atoms with Gasteiger partial charge in [0.25, 0.3) is 0 Å². The van der Waals surface area contributed by atoms with Gasteiger partial charge in [0, 0.05) is 6.04 Å². The Morgan fingerprint density at radius 1 is 1.35 bits per heavy atom. The molecule has 0 aromatic heterocycles. The predicted molar refractivity (Wildman–Crippen MR) is 57.6 cm³/mol. The number of nitrogens with two attached hydrogens (primary N) is 1. The van der Waals surface area contributed by atoms with E-state index in [1.807, 2.05) is 0 Å². The third kappa shape index (κ3) is 2.54. The normalized spacial score (nSPS) is 17.9. The van der Waals surface area contributed by atoms with Gasteiger partial charge in [-0.15, -0.1) is 0 Å². The molecule has 2 N–H and O–H groups in total. The van der Waals surface area contributed by atoms with E-state index in [2.05, 4.69) is 0 Å². The first-order valence-corrected chi connectivity index (χ1v) is 5.44. The lowest BCUT2D eigenvalue weighted by atomic mass is 9.97. The summed E-state index contributed by atoms with van der Waals surface area (Å²) in [5, 5.41) is 0. The zero-order valence-electron chi connectivity index (χ0n) is 9.42. The number of rotatable bonds is 3. The van der Waals surface area contributed by atoms with Crippen molar-refractivity contribution in [3.05, 3.63) is 29.3 Å². The van der Waals surface area contributed by atoms with Crippen LogP contribution in [-0.2, 0) is 6.18 Å². The molecule has 0 spiro atoms. The fraction of sp³-hybridized carbons (Fsp3) is 0.500. The summed E-state index contributed by atoms with van der Waals surface area (Å²) in [6, 6.07) is 3.42. The monoisotopic (exact) mass is 245 g/mol. The van der Waals surface area contributed by atoms with Gasteiger partial charge in [-0.1, -0.05) is 6.07 Å². The van der Waals surface area contributed by atoms with Crippen LogP contribution in [0, 0.1) is 5.92 Å². The number of hydrogen-bond donors (Lipinski definition) is 1. The number of methoxy groups -OCH3 is 1. The molecule has 1 aliphatic carbocycles. The second-order valence-electron chi connectivity index (χ2n) is 4.31. The van der Waals surface area contributed by atoms with Crippen LogP contribution in [0.1, 0.15) is 30.0 Å². The lowest BCUT2D eigenvalue weighted by Crippen LogP contribution is -2.19. The van der Waals surface area contributed by atoms with Crippen LogP contribution in [0.15, 0.2) is 18.2 Å². The molecule has 94 valence electrons. The number of hydrogen-bond acceptors (Lipinski definition) is 2. The van der Waals surface area contributed by atoms with Crippen molar-refractivity contribution < 1.29 is 17.9 Å². The Morgan fingerprint density at radius 3 is 2.47 bits per heavy atom. The quantitative estimate of drug-likeness (QED) is 0.888. The van der Waals surface area contributed by atoms with E-state index in [0.29, 0.717) is 0 Å². The van der Waals surface area contributed by atoms with Crippen LogP contribution in [-0.4, -0.2) is 7.11 Å². The Kier molecular flexibility index (Phi) is 3.03. The van der Waals surface area contributed by atoms with E-state index in [9.17, 15) is 13.2 Å². The first-order chi connectivity index (χ1) is 7.93. The lowest BCUT2D eigenvalue weighted by molar-refractivity contribution is -0.138. The van der Waals surface area contributed by atoms with Crippen LogP contribution >= 0.6 is 0 Å². The average Bonchev–Trinajstić information content (AvgIpc) is 3.10. The first kappa shape index (κ1) is 12.2. The van der Waals surface area contributed by atoms with Gasteiger partial charge in [-0.05, 0) is 36.5 Å². The molecule has 2 nitrogen and oxygen atoms in total. The third-order valence-corrected chi connectivity index (χ3v) is 3.05. The average molecular weight is 245 g/mol. The summed E-state index contributed by atoms with van der Waals surface area (Å²) in [6.07, 6.45) is -2.58. The molecule has 1 aromatic carbocycles. The van der Waals surface area contributed by atoms with Crippen molar-refractivity contribution in [3.8, 4) is 5.75 Å². The Bertz CT molecular complexity index is 413. The molecule has 1 saturated carbocycles. The van der Waals surface area contributed by atoms with E-state index in [-0.39, 0.29) is 17.2 Å². The highest BCUT2D eigenvalue weighted by Crippen LogP contribution is 2.44. The summed E-state index contributed by atoms with van der Waals surface area (Å²) in [4.78, 5) is 0. The van der Waals surface area contributed by atoms with Gasteiger partial charge in [0.15, 0.2) is 0 Å². The van der Waals surface area contributed by atoms with Crippen LogP contribution in [0.25, 0.3) is 0 Å². The van der Waals surface area contributed by atoms with Gasteiger partial charge in [0.1, 0.15) is 5.75 Å². The SMILES string of the molecule is COc1ccc([C@H](N)C2CC2)c(C(F)(F)F)c1. The van der Waals surface area contributed by atoms with Crippen molar-refractivity contribution >= 4 is 0 Å². The molecule has 1 aromatic rings. The minimum Gasteiger partial charge on any atom is -0.497 e. The van der Waals surface area contributed by atoms with Crippen molar-refractivity contribution in [1.29, 1.82) is 0 Å². The standard InChI is InChI=1S/C12H14F3NO/c1-17-8-4-5-9(11(16)7-2-3-7)10(6-8)12(13,14)15/h4-7,11H,2-3,16H2,1H3/t11-/m1/s1. The minimum atomic E-state index is -4.39. The van der Waals surface area contributed by atoms with Gasteiger partial charge in [-0.25, -0.2) is 0 Å². The van der Waals surface area contributed by atoms with Crippen LogP contribution in [0.3, 0.4) is 0 Å². The molecule has 17 heavy (non-hydrogen) atoms. The van der Waals surface area contributed by atoms with E-state index >= 15 is 0 Å². The largest absolute Gasteiger partial charge is 0.497 e. The van der Waals surface area contributed by atoms with Crippen LogP contribution < -0.4 is 10.5 Å². The second kappa shape index (κ2) is 4.22. The lowest BCUT2D eigenvalue weighted by Gasteiger charge is -2.18. The molecule has 0 heterocycles. The molecule has 0 amide bonds. The molecule has 2 rings (SSSR count). The van der Waals surface area contributed by atoms with Crippen molar-refractivity contribution in [3.63, 3.8) is 0 Å². The number of alkyl halides is 3. The maximum absolute atomic E-state index is 12.9. The summed E-state index contributed by atoms with van der Waals surface area (Å²) >= 11 is 0. The molecule has 1 atom stereocenters. The predicted octanol–water partition coefficient (Wildman–Crippen LogP) is 3.12. The zero-order chi connectivity index (χ0) is 12.6. The smallest absolute Gasteiger partial charge is 0.416 e. The Hall–Kier alpha value is -1.23. The molecule has 0 radical (unpaired) electrons. The summed E-state index contributed by atoms with van der Waals surface area (Å²) in [5.41, 5.74) is 5.33. The Balaban J connectivity index is 2.42. The highest BCUT2D eigenvalue weighted by molar-refractivity contribution is 5.39. The van der Waals surface area contributed by atoms with Gasteiger partial charge < -0.3 is 10.5 Å². The summed E-state index contributed by atoms with van der Waals surface area (Å²) in [5.74, 6) is 0.383. The van der Waals surface area contributed by atoms with Gasteiger partial charge in [0.05, 0.1) is 12.7 Å². The second-order valence-corrected chi connectivity index (χ2v) is 4.31. The zero-order valence-corrected chi connectivity index (χ0v) is 9.42. The number of benzene rings is 1. The van der Waals surface area contributed by atoms with Crippen molar-refractivity contribution in [2.75, 3.05) is 7.11 Å². The van der Waals surface area contributed by atoms with E-state index in [4.69, 9.17) is 10.5 Å². The first-order valence-electron chi connectivity index (χ1n) is 5.44. The van der Waals surface area contributed by atoms with Crippen LogP contribution in [0.4, 0.5) is 13.2 Å². The minimum absolute atomic E-state index is 0.167. The maximum atomic E-state index is 12.9. The van der Waals surface area contributed by atoms with E-state index < -0.39 is 17.8 Å². The Labute approximate surface area is 97.6 Å². The van der Waals surface area contributed by atoms with E-state index in [1.54, 1.807) is 0 Å². The molecule has 5 heteroatoms. The summed E-state index contributed by atoms with van der Waals surface area (Å²) in [7, 11) is 1.34. The molecule has 1 aliphatic rings. The summed E-state index contributed by atoms with van der Waals surface area (Å²) < 4.78 is 43.5. The van der Waals surface area contributed by atoms with E-state index in [1.165, 1.54) is 19.2 Å². The highest BCUT2D eigenvalue weighted by Gasteiger charge is 2.38. The molecular weight excluding hydrogens is 231 g/mol. The molecule has 0 unspecified atom stereocenters. The van der Waals surface area contributed by atoms with E-state index in [0.717, 1.165) is 18.9 Å². The van der Waals surface area contributed by atoms with Gasteiger partial charge in [0.2, 0.25) is 0 Å². The molecule has 0 bridgehead atoms. The summed E-state index contributed by atoms with van der Waals surface area (Å²) in [6.45, 7) is 0. The van der Waals surface area contributed by atoms with Crippen molar-refractivity contribution in [1.82, 2.24) is 0 Å². The molecular formula is C12H14F3NO. The third-order valence-electron chi connectivity index (χ3n) is 3.05. The number of halogens is 3. The fourth-order valence-corrected chi connectivity index (χ4v) is 1.91. The van der Waals surface area contributed by atoms with Crippen molar-refractivity contribution in [2.45, 2.75) is 25.1 Å². The van der Waals surface area contributed by atoms with Crippen molar-refractivity contribution in [2.24, 2.45) is 11.7 Å². The Morgan fingerprint density at radius 2 is 2.00 bits per heavy atom. The highest BCUT2D eigenvalue weighted by atomic mass is 19.4. The van der Waals surface area contributed by atoms with Crippen LogP contribution in [0.2, 0.25) is 0 Å². The van der Waals surface area contributed by atoms with Gasteiger partial charge in [-0.3, -0.25) is 0 Å². The molecule has 0 saturated heterocycles. The van der Waals surface area contributed by atoms with Gasteiger partial charge in [-0.2, -0.15) is 13.2 Å².